The van der Waals surface area contributed by atoms with Crippen molar-refractivity contribution in [3.05, 3.63) is 29.6 Å². The Labute approximate surface area is 175 Å². The third-order valence-electron chi connectivity index (χ3n) is 7.85. The number of nitrogens with zero attached hydrogens (tertiary/aromatic N) is 1. The third kappa shape index (κ3) is 6.60. The Bertz CT molecular complexity index is 518. The van der Waals surface area contributed by atoms with Crippen LogP contribution in [-0.2, 0) is 6.42 Å². The molecule has 158 valence electrons. The number of rotatable bonds is 10. The van der Waals surface area contributed by atoms with Gasteiger partial charge in [0.05, 0.1) is 0 Å². The van der Waals surface area contributed by atoms with E-state index in [0.717, 1.165) is 23.7 Å². The molecular weight excluding hydrogens is 338 g/mol. The summed E-state index contributed by atoms with van der Waals surface area (Å²) < 4.78 is 0. The van der Waals surface area contributed by atoms with Crippen molar-refractivity contribution >= 4 is 0 Å². The van der Waals surface area contributed by atoms with Crippen LogP contribution in [0.2, 0.25) is 0 Å². The molecule has 0 saturated heterocycles. The van der Waals surface area contributed by atoms with Crippen molar-refractivity contribution in [2.24, 2.45) is 17.8 Å². The van der Waals surface area contributed by atoms with Crippen LogP contribution < -0.4 is 0 Å². The van der Waals surface area contributed by atoms with Crippen LogP contribution in [0.1, 0.15) is 127 Å². The second-order valence-electron chi connectivity index (χ2n) is 9.94. The molecule has 0 N–H and O–H groups in total. The minimum Gasteiger partial charge on any atom is -0.261 e. The zero-order valence-corrected chi connectivity index (χ0v) is 18.8. The van der Waals surface area contributed by atoms with E-state index in [1.165, 1.54) is 114 Å². The van der Waals surface area contributed by atoms with Gasteiger partial charge >= 0.3 is 0 Å². The van der Waals surface area contributed by atoms with Crippen molar-refractivity contribution in [2.45, 2.75) is 122 Å². The summed E-state index contributed by atoms with van der Waals surface area (Å²) in [5.74, 6) is 3.84. The SMILES string of the molecule is CCCCCCC[C@H]1CC[C@H](C2CCC(c3ccc(CCC)cn3)CC2)CC1. The van der Waals surface area contributed by atoms with E-state index in [0.29, 0.717) is 0 Å². The lowest BCUT2D eigenvalue weighted by Crippen LogP contribution is -2.25. The molecule has 1 heteroatoms. The average molecular weight is 384 g/mol. The topological polar surface area (TPSA) is 12.9 Å². The van der Waals surface area contributed by atoms with Gasteiger partial charge in [-0.15, -0.1) is 0 Å². The second kappa shape index (κ2) is 12.0. The first-order valence-electron chi connectivity index (χ1n) is 12.7. The molecule has 2 aliphatic rings. The van der Waals surface area contributed by atoms with Crippen molar-refractivity contribution in [3.63, 3.8) is 0 Å². The van der Waals surface area contributed by atoms with Crippen molar-refractivity contribution < 1.29 is 0 Å². The number of unbranched alkanes of at least 4 members (excludes halogenated alkanes) is 4. The molecule has 3 rings (SSSR count). The summed E-state index contributed by atoms with van der Waals surface area (Å²) in [5.41, 5.74) is 2.77. The van der Waals surface area contributed by atoms with Gasteiger partial charge in [0.25, 0.3) is 0 Å². The van der Waals surface area contributed by atoms with E-state index in [1.807, 2.05) is 0 Å². The second-order valence-corrected chi connectivity index (χ2v) is 9.94. The molecule has 1 aromatic heterocycles. The van der Waals surface area contributed by atoms with Crippen LogP contribution in [0.5, 0.6) is 0 Å². The average Bonchev–Trinajstić information content (AvgIpc) is 2.75. The van der Waals surface area contributed by atoms with Gasteiger partial charge in [0, 0.05) is 17.8 Å². The van der Waals surface area contributed by atoms with Gasteiger partial charge in [-0.3, -0.25) is 4.98 Å². The van der Waals surface area contributed by atoms with E-state index in [2.05, 4.69) is 32.2 Å². The van der Waals surface area contributed by atoms with Gasteiger partial charge in [-0.1, -0.05) is 77.7 Å². The highest BCUT2D eigenvalue weighted by molar-refractivity contribution is 5.17. The first-order chi connectivity index (χ1) is 13.8. The third-order valence-corrected chi connectivity index (χ3v) is 7.85. The largest absolute Gasteiger partial charge is 0.261 e. The Balaban J connectivity index is 1.34. The lowest BCUT2D eigenvalue weighted by molar-refractivity contribution is 0.155. The van der Waals surface area contributed by atoms with Crippen molar-refractivity contribution in [1.82, 2.24) is 4.98 Å². The summed E-state index contributed by atoms with van der Waals surface area (Å²) >= 11 is 0. The molecule has 0 aromatic carbocycles. The standard InChI is InChI=1S/C27H45N/c1-3-5-6-7-8-10-22-11-14-24(15-12-22)25-16-18-26(19-17-25)27-20-13-23(9-4-2)21-28-27/h13,20-22,24-26H,3-12,14-19H2,1-2H3/t22-,24-,25?,26?. The van der Waals surface area contributed by atoms with Gasteiger partial charge in [-0.25, -0.2) is 0 Å². The van der Waals surface area contributed by atoms with Crippen LogP contribution in [0.4, 0.5) is 0 Å². The van der Waals surface area contributed by atoms with E-state index in [9.17, 15) is 0 Å². The lowest BCUT2D eigenvalue weighted by Gasteiger charge is -2.38. The minimum absolute atomic E-state index is 0.728. The summed E-state index contributed by atoms with van der Waals surface area (Å²) in [4.78, 5) is 4.82. The van der Waals surface area contributed by atoms with Crippen molar-refractivity contribution in [2.75, 3.05) is 0 Å². The molecule has 28 heavy (non-hydrogen) atoms. The van der Waals surface area contributed by atoms with Gasteiger partial charge in [0.1, 0.15) is 0 Å². The van der Waals surface area contributed by atoms with E-state index in [-0.39, 0.29) is 0 Å². The lowest BCUT2D eigenvalue weighted by atomic mass is 9.68. The molecule has 2 fully saturated rings. The zero-order valence-electron chi connectivity index (χ0n) is 18.8. The molecule has 0 spiro atoms. The van der Waals surface area contributed by atoms with Gasteiger partial charge in [-0.2, -0.15) is 0 Å². The number of pyridine rings is 1. The Kier molecular flexibility index (Phi) is 9.35. The molecule has 0 unspecified atom stereocenters. The maximum absolute atomic E-state index is 4.82. The highest BCUT2D eigenvalue weighted by Gasteiger charge is 2.31. The predicted octanol–water partition coefficient (Wildman–Crippen LogP) is 8.47. The van der Waals surface area contributed by atoms with Crippen LogP contribution in [0.15, 0.2) is 18.3 Å². The predicted molar refractivity (Wildman–Crippen MR) is 122 cm³/mol. The van der Waals surface area contributed by atoms with Crippen LogP contribution >= 0.6 is 0 Å². The maximum Gasteiger partial charge on any atom is 0.0434 e. The number of aryl methyl sites for hydroxylation is 1. The molecule has 2 aliphatic carbocycles. The van der Waals surface area contributed by atoms with Gasteiger partial charge in [-0.05, 0) is 74.3 Å². The van der Waals surface area contributed by atoms with Gasteiger partial charge < -0.3 is 0 Å². The van der Waals surface area contributed by atoms with Crippen molar-refractivity contribution in [1.29, 1.82) is 0 Å². The van der Waals surface area contributed by atoms with E-state index in [1.54, 1.807) is 0 Å². The molecule has 0 amide bonds. The Hall–Kier alpha value is -0.850. The smallest absolute Gasteiger partial charge is 0.0434 e. The highest BCUT2D eigenvalue weighted by Crippen LogP contribution is 2.44. The minimum atomic E-state index is 0.728. The fourth-order valence-corrected chi connectivity index (χ4v) is 5.99. The molecule has 1 heterocycles. The Morgan fingerprint density at radius 2 is 1.43 bits per heavy atom. The van der Waals surface area contributed by atoms with E-state index < -0.39 is 0 Å². The molecule has 0 radical (unpaired) electrons. The van der Waals surface area contributed by atoms with Crippen LogP contribution in [0.25, 0.3) is 0 Å². The first-order valence-corrected chi connectivity index (χ1v) is 12.7. The summed E-state index contributed by atoms with van der Waals surface area (Å²) in [6, 6.07) is 4.64. The van der Waals surface area contributed by atoms with Gasteiger partial charge in [0.2, 0.25) is 0 Å². The summed E-state index contributed by atoms with van der Waals surface area (Å²) in [6.45, 7) is 4.56. The Morgan fingerprint density at radius 1 is 0.750 bits per heavy atom. The highest BCUT2D eigenvalue weighted by atomic mass is 14.7. The van der Waals surface area contributed by atoms with Crippen LogP contribution in [-0.4, -0.2) is 4.98 Å². The molecule has 2 saturated carbocycles. The normalized spacial score (nSPS) is 28.4. The molecular formula is C27H45N. The zero-order chi connectivity index (χ0) is 19.6. The van der Waals surface area contributed by atoms with Crippen LogP contribution in [0.3, 0.4) is 0 Å². The Morgan fingerprint density at radius 3 is 2.04 bits per heavy atom. The number of hydrogen-bond acceptors (Lipinski definition) is 1. The number of aromatic nitrogens is 1. The summed E-state index contributed by atoms with van der Waals surface area (Å²) in [6.07, 6.45) is 25.0. The van der Waals surface area contributed by atoms with E-state index in [4.69, 9.17) is 4.98 Å². The maximum atomic E-state index is 4.82. The van der Waals surface area contributed by atoms with Gasteiger partial charge in [0.15, 0.2) is 0 Å². The fraction of sp³-hybridized carbons (Fsp3) is 0.815. The monoisotopic (exact) mass is 383 g/mol. The molecule has 0 bridgehead atoms. The molecule has 0 atom stereocenters. The summed E-state index contributed by atoms with van der Waals surface area (Å²) in [5, 5.41) is 0. The van der Waals surface area contributed by atoms with Crippen LogP contribution in [0, 0.1) is 17.8 Å². The first kappa shape index (κ1) is 21.8. The molecule has 1 aromatic rings. The fourth-order valence-electron chi connectivity index (χ4n) is 5.99. The molecule has 1 nitrogen and oxygen atoms in total. The van der Waals surface area contributed by atoms with E-state index >= 15 is 0 Å². The number of hydrogen-bond donors (Lipinski definition) is 0. The quantitative estimate of drug-likeness (QED) is 0.369. The van der Waals surface area contributed by atoms with Crippen molar-refractivity contribution in [3.8, 4) is 0 Å². The summed E-state index contributed by atoms with van der Waals surface area (Å²) in [7, 11) is 0. The molecule has 0 aliphatic heterocycles.